The van der Waals surface area contributed by atoms with Crippen molar-refractivity contribution in [3.8, 4) is 23.4 Å². The second-order valence-corrected chi connectivity index (χ2v) is 12.0. The number of anilines is 2. The number of nitrogens with zero attached hydrogens (tertiary/aromatic N) is 8. The first kappa shape index (κ1) is 26.3. The van der Waals surface area contributed by atoms with Crippen molar-refractivity contribution in [2.24, 2.45) is 5.92 Å². The van der Waals surface area contributed by atoms with Gasteiger partial charge in [-0.3, -0.25) is 9.48 Å². The molecule has 0 bridgehead atoms. The lowest BCUT2D eigenvalue weighted by molar-refractivity contribution is 0.0719. The number of hydrogen-bond acceptors (Lipinski definition) is 9. The molecule has 200 valence electrons. The fourth-order valence-electron chi connectivity index (χ4n) is 4.83. The predicted molar refractivity (Wildman–Crippen MR) is 142 cm³/mol. The first-order valence-electron chi connectivity index (χ1n) is 12.6. The van der Waals surface area contributed by atoms with Gasteiger partial charge in [0.1, 0.15) is 5.54 Å². The van der Waals surface area contributed by atoms with Gasteiger partial charge in [0.15, 0.2) is 0 Å². The molecule has 0 spiro atoms. The summed E-state index contributed by atoms with van der Waals surface area (Å²) in [4.78, 5) is 23.3. The van der Waals surface area contributed by atoms with Crippen molar-refractivity contribution in [1.29, 1.82) is 10.5 Å². The minimum absolute atomic E-state index is 0.0109. The van der Waals surface area contributed by atoms with E-state index in [1.54, 1.807) is 65.4 Å². The van der Waals surface area contributed by atoms with Crippen LogP contribution in [-0.4, -0.2) is 75.2 Å². The van der Waals surface area contributed by atoms with E-state index in [1.807, 2.05) is 0 Å². The average molecular weight is 546 g/mol. The summed E-state index contributed by atoms with van der Waals surface area (Å²) < 4.78 is 27.5. The highest BCUT2D eigenvalue weighted by Crippen LogP contribution is 2.35. The van der Waals surface area contributed by atoms with E-state index in [0.717, 1.165) is 0 Å². The number of nitriles is 2. The van der Waals surface area contributed by atoms with E-state index in [1.165, 1.54) is 4.31 Å². The zero-order chi connectivity index (χ0) is 27.6. The topological polar surface area (TPSA) is 161 Å². The summed E-state index contributed by atoms with van der Waals surface area (Å²) in [6.45, 7) is 3.04. The minimum atomic E-state index is -3.33. The van der Waals surface area contributed by atoms with Gasteiger partial charge in [-0.25, -0.2) is 18.4 Å². The molecule has 2 saturated heterocycles. The van der Waals surface area contributed by atoms with Crippen LogP contribution in [0.4, 0.5) is 11.6 Å². The largest absolute Gasteiger partial charge is 0.337 e. The van der Waals surface area contributed by atoms with E-state index < -0.39 is 15.6 Å². The number of aromatic nitrogens is 4. The van der Waals surface area contributed by atoms with Crippen molar-refractivity contribution < 1.29 is 13.2 Å². The maximum atomic E-state index is 12.7. The number of amides is 1. The zero-order valence-corrected chi connectivity index (χ0v) is 22.2. The number of carbonyl (C=O) groups is 1. The summed E-state index contributed by atoms with van der Waals surface area (Å²) >= 11 is 0. The first-order valence-corrected chi connectivity index (χ1v) is 14.2. The highest BCUT2D eigenvalue weighted by atomic mass is 32.2. The van der Waals surface area contributed by atoms with Gasteiger partial charge in [-0.1, -0.05) is 0 Å². The van der Waals surface area contributed by atoms with Gasteiger partial charge in [-0.15, -0.1) is 0 Å². The van der Waals surface area contributed by atoms with Gasteiger partial charge in [-0.2, -0.15) is 19.9 Å². The van der Waals surface area contributed by atoms with Gasteiger partial charge < -0.3 is 10.2 Å². The van der Waals surface area contributed by atoms with Crippen LogP contribution in [0.2, 0.25) is 0 Å². The molecule has 1 aromatic carbocycles. The maximum absolute atomic E-state index is 12.7. The number of likely N-dealkylation sites (tertiary alicyclic amines) is 1. The smallest absolute Gasteiger partial charge is 0.253 e. The van der Waals surface area contributed by atoms with Crippen molar-refractivity contribution in [1.82, 2.24) is 29.0 Å². The molecule has 2 aliphatic heterocycles. The average Bonchev–Trinajstić information content (AvgIpc) is 3.61. The van der Waals surface area contributed by atoms with Crippen LogP contribution in [0.5, 0.6) is 0 Å². The highest BCUT2D eigenvalue weighted by molar-refractivity contribution is 7.89. The molecule has 4 heterocycles. The van der Waals surface area contributed by atoms with E-state index in [0.29, 0.717) is 48.0 Å². The van der Waals surface area contributed by atoms with E-state index in [2.05, 4.69) is 32.5 Å². The molecule has 0 unspecified atom stereocenters. The Morgan fingerprint density at radius 2 is 1.97 bits per heavy atom. The third kappa shape index (κ3) is 5.19. The monoisotopic (exact) mass is 545 g/mol. The normalized spacial score (nSPS) is 18.6. The van der Waals surface area contributed by atoms with Gasteiger partial charge in [0.05, 0.1) is 42.1 Å². The standard InChI is InChI=1S/C26H27N9O3S/c1-2-39(37,38)34-17-26(18-34,9-10-27)35-16-21(14-30-35)23-7-11-29-25(32-23)31-22-5-3-20(4-6-22)24(36)33-12-8-19(13-28)15-33/h3-7,11,14,16,19H,2,8-9,12,15,17-18H2,1H3,(H,29,31,32)/t19-/m0/s1. The summed E-state index contributed by atoms with van der Waals surface area (Å²) in [5, 5.41) is 26.0. The SMILES string of the molecule is CCS(=O)(=O)N1CC(CC#N)(n2cc(-c3ccnc(Nc4ccc(C(=O)N5CC[C@@H](C#N)C5)cc4)n3)cn2)C1. The lowest BCUT2D eigenvalue weighted by atomic mass is 9.89. The van der Waals surface area contributed by atoms with Crippen LogP contribution in [0, 0.1) is 28.6 Å². The molecule has 12 nitrogen and oxygen atoms in total. The van der Waals surface area contributed by atoms with Crippen LogP contribution < -0.4 is 5.32 Å². The maximum Gasteiger partial charge on any atom is 0.253 e. The molecule has 5 rings (SSSR count). The van der Waals surface area contributed by atoms with E-state index in [4.69, 9.17) is 5.26 Å². The minimum Gasteiger partial charge on any atom is -0.337 e. The molecule has 0 saturated carbocycles. The Kier molecular flexibility index (Phi) is 7.04. The number of nitrogens with one attached hydrogen (secondary N) is 1. The summed E-state index contributed by atoms with van der Waals surface area (Å²) in [5.74, 6) is 0.164. The van der Waals surface area contributed by atoms with E-state index in [9.17, 15) is 18.5 Å². The molecular weight excluding hydrogens is 518 g/mol. The van der Waals surface area contributed by atoms with Crippen molar-refractivity contribution in [3.05, 3.63) is 54.5 Å². The van der Waals surface area contributed by atoms with Crippen molar-refractivity contribution in [2.45, 2.75) is 25.3 Å². The molecule has 2 aromatic heterocycles. The van der Waals surface area contributed by atoms with Gasteiger partial charge in [0.25, 0.3) is 5.91 Å². The summed E-state index contributed by atoms with van der Waals surface area (Å²) in [5.41, 5.74) is 1.85. The molecule has 13 heteroatoms. The lowest BCUT2D eigenvalue weighted by Crippen LogP contribution is -2.64. The quantitative estimate of drug-likeness (QED) is 0.448. The number of rotatable bonds is 8. The number of benzene rings is 1. The Labute approximate surface area is 226 Å². The fraction of sp³-hybridized carbons (Fsp3) is 0.385. The van der Waals surface area contributed by atoms with E-state index >= 15 is 0 Å². The molecule has 1 amide bonds. The van der Waals surface area contributed by atoms with Gasteiger partial charge in [0, 0.05) is 55.4 Å². The predicted octanol–water partition coefficient (Wildman–Crippen LogP) is 2.34. The number of hydrogen-bond donors (Lipinski definition) is 1. The Morgan fingerprint density at radius 1 is 1.21 bits per heavy atom. The summed E-state index contributed by atoms with van der Waals surface area (Å²) in [7, 11) is -3.33. The zero-order valence-electron chi connectivity index (χ0n) is 21.4. The van der Waals surface area contributed by atoms with Gasteiger partial charge in [0.2, 0.25) is 16.0 Å². The molecule has 0 radical (unpaired) electrons. The molecule has 1 atom stereocenters. The third-order valence-corrected chi connectivity index (χ3v) is 8.95. The number of sulfonamides is 1. The van der Waals surface area contributed by atoms with Crippen LogP contribution in [0.25, 0.3) is 11.3 Å². The van der Waals surface area contributed by atoms with Crippen LogP contribution in [0.3, 0.4) is 0 Å². The molecule has 39 heavy (non-hydrogen) atoms. The van der Waals surface area contributed by atoms with Crippen molar-refractivity contribution in [2.75, 3.05) is 37.2 Å². The Bertz CT molecular complexity index is 1560. The molecule has 1 N–H and O–H groups in total. The van der Waals surface area contributed by atoms with Crippen molar-refractivity contribution >= 4 is 27.6 Å². The van der Waals surface area contributed by atoms with Crippen molar-refractivity contribution in [3.63, 3.8) is 0 Å². The molecule has 2 aliphatic rings. The van der Waals surface area contributed by atoms with Gasteiger partial charge in [-0.05, 0) is 43.7 Å². The second kappa shape index (κ2) is 10.4. The first-order chi connectivity index (χ1) is 18.8. The summed E-state index contributed by atoms with van der Waals surface area (Å²) in [6, 6.07) is 13.1. The molecule has 3 aromatic rings. The Balaban J connectivity index is 1.28. The second-order valence-electron chi connectivity index (χ2n) is 9.74. The molecule has 2 fully saturated rings. The molecule has 0 aliphatic carbocycles. The van der Waals surface area contributed by atoms with Crippen LogP contribution >= 0.6 is 0 Å². The van der Waals surface area contributed by atoms with Crippen LogP contribution in [-0.2, 0) is 15.6 Å². The Morgan fingerprint density at radius 3 is 2.64 bits per heavy atom. The van der Waals surface area contributed by atoms with E-state index in [-0.39, 0.29) is 37.1 Å². The highest BCUT2D eigenvalue weighted by Gasteiger charge is 2.49. The van der Waals surface area contributed by atoms with Crippen LogP contribution in [0.15, 0.2) is 48.9 Å². The van der Waals surface area contributed by atoms with Crippen LogP contribution in [0.1, 0.15) is 30.1 Å². The summed E-state index contributed by atoms with van der Waals surface area (Å²) in [6.07, 6.45) is 5.86. The number of carbonyl (C=O) groups excluding carboxylic acids is 1. The lowest BCUT2D eigenvalue weighted by Gasteiger charge is -2.47. The Hall–Kier alpha value is -4.33. The molecular formula is C26H27N9O3S. The fourth-order valence-corrected chi connectivity index (χ4v) is 6.07. The van der Waals surface area contributed by atoms with Gasteiger partial charge >= 0.3 is 0 Å². The third-order valence-electron chi connectivity index (χ3n) is 7.17.